The molecule has 0 bridgehead atoms. The molecule has 0 radical (unpaired) electrons. The summed E-state index contributed by atoms with van der Waals surface area (Å²) in [4.78, 5) is 13.6. The summed E-state index contributed by atoms with van der Waals surface area (Å²) in [5.74, 6) is -0.452. The van der Waals surface area contributed by atoms with E-state index in [1.165, 1.54) is 7.11 Å². The molecule has 19 heavy (non-hydrogen) atoms. The molecule has 1 atom stereocenters. The Kier molecular flexibility index (Phi) is 4.24. The van der Waals surface area contributed by atoms with Crippen molar-refractivity contribution in [2.24, 2.45) is 0 Å². The fourth-order valence-corrected chi connectivity index (χ4v) is 2.17. The normalized spacial score (nSPS) is 19.3. The van der Waals surface area contributed by atoms with Crippen LogP contribution in [-0.4, -0.2) is 50.6 Å². The minimum Gasteiger partial charge on any atom is -0.465 e. The van der Waals surface area contributed by atoms with Gasteiger partial charge in [-0.2, -0.15) is 0 Å². The number of benzene rings is 1. The lowest BCUT2D eigenvalue weighted by Gasteiger charge is -2.34. The molecule has 0 saturated carbocycles. The van der Waals surface area contributed by atoms with Gasteiger partial charge in [-0.3, -0.25) is 0 Å². The van der Waals surface area contributed by atoms with Crippen molar-refractivity contribution in [3.63, 3.8) is 0 Å². The molecular formula is C13H18N2O4. The van der Waals surface area contributed by atoms with Crippen LogP contribution in [0.25, 0.3) is 0 Å². The van der Waals surface area contributed by atoms with Crippen molar-refractivity contribution in [3.8, 4) is 0 Å². The first-order valence-corrected chi connectivity index (χ1v) is 6.11. The summed E-state index contributed by atoms with van der Waals surface area (Å²) in [5.41, 5.74) is 7.55. The Balaban J connectivity index is 2.27. The summed E-state index contributed by atoms with van der Waals surface area (Å²) in [5, 5.41) is 9.15. The van der Waals surface area contributed by atoms with E-state index >= 15 is 0 Å². The number of hydrogen-bond donors (Lipinski definition) is 2. The molecule has 0 amide bonds. The number of morpholine rings is 1. The van der Waals surface area contributed by atoms with Gasteiger partial charge < -0.3 is 25.2 Å². The molecule has 1 fully saturated rings. The number of rotatable bonds is 3. The van der Waals surface area contributed by atoms with Gasteiger partial charge in [0.1, 0.15) is 0 Å². The predicted octanol–water partition coefficient (Wildman–Crippen LogP) is 0.253. The highest BCUT2D eigenvalue weighted by atomic mass is 16.5. The van der Waals surface area contributed by atoms with Crippen molar-refractivity contribution in [2.75, 3.05) is 44.0 Å². The lowest BCUT2D eigenvalue weighted by atomic mass is 10.1. The summed E-state index contributed by atoms with van der Waals surface area (Å²) in [7, 11) is 1.32. The first-order chi connectivity index (χ1) is 9.17. The maximum Gasteiger partial charge on any atom is 0.340 e. The van der Waals surface area contributed by atoms with E-state index in [0.29, 0.717) is 30.9 Å². The third-order valence-electron chi connectivity index (χ3n) is 3.17. The second-order valence-electron chi connectivity index (χ2n) is 4.35. The van der Waals surface area contributed by atoms with Gasteiger partial charge in [-0.05, 0) is 12.1 Å². The monoisotopic (exact) mass is 266 g/mol. The number of nitrogens with two attached hydrogens (primary N) is 1. The summed E-state index contributed by atoms with van der Waals surface area (Å²) < 4.78 is 10.1. The lowest BCUT2D eigenvalue weighted by molar-refractivity contribution is 0.00360. The van der Waals surface area contributed by atoms with Gasteiger partial charge in [-0.25, -0.2) is 4.79 Å². The Morgan fingerprint density at radius 1 is 1.63 bits per heavy atom. The number of carbonyl (C=O) groups is 1. The number of para-hydroxylation sites is 1. The van der Waals surface area contributed by atoms with Gasteiger partial charge >= 0.3 is 5.97 Å². The highest BCUT2D eigenvalue weighted by molar-refractivity contribution is 5.98. The third kappa shape index (κ3) is 2.80. The Labute approximate surface area is 111 Å². The molecule has 6 heteroatoms. The van der Waals surface area contributed by atoms with E-state index in [2.05, 4.69) is 0 Å². The van der Waals surface area contributed by atoms with E-state index in [-0.39, 0.29) is 12.7 Å². The maximum absolute atomic E-state index is 11.6. The predicted molar refractivity (Wildman–Crippen MR) is 71.2 cm³/mol. The van der Waals surface area contributed by atoms with Crippen LogP contribution in [-0.2, 0) is 9.47 Å². The molecule has 1 aliphatic heterocycles. The second kappa shape index (κ2) is 5.90. The van der Waals surface area contributed by atoms with Crippen LogP contribution in [0.1, 0.15) is 10.4 Å². The van der Waals surface area contributed by atoms with Crippen LogP contribution in [0.15, 0.2) is 18.2 Å². The maximum atomic E-state index is 11.6. The summed E-state index contributed by atoms with van der Waals surface area (Å²) in [6.45, 7) is 1.71. The van der Waals surface area contributed by atoms with Gasteiger partial charge in [0.05, 0.1) is 43.4 Å². The first kappa shape index (κ1) is 13.6. The average molecular weight is 266 g/mol. The summed E-state index contributed by atoms with van der Waals surface area (Å²) >= 11 is 0. The second-order valence-corrected chi connectivity index (χ2v) is 4.35. The number of methoxy groups -OCH3 is 1. The highest BCUT2D eigenvalue weighted by Crippen LogP contribution is 2.28. The standard InChI is InChI=1S/C13H18N2O4/c1-18-13(17)10-3-2-4-11(12(10)14)15-5-6-19-9(7-15)8-16/h2-4,9,16H,5-8,14H2,1H3. The smallest absolute Gasteiger partial charge is 0.340 e. The number of nitrogen functional groups attached to an aromatic ring is 1. The number of carbonyl (C=O) groups excluding carboxylic acids is 1. The Bertz CT molecular complexity index is 464. The van der Waals surface area contributed by atoms with E-state index in [0.717, 1.165) is 5.69 Å². The topological polar surface area (TPSA) is 85.0 Å². The average Bonchev–Trinajstić information content (AvgIpc) is 2.46. The van der Waals surface area contributed by atoms with Crippen molar-refractivity contribution < 1.29 is 19.4 Å². The van der Waals surface area contributed by atoms with Crippen LogP contribution in [0.5, 0.6) is 0 Å². The molecule has 6 nitrogen and oxygen atoms in total. The van der Waals surface area contributed by atoms with Crippen LogP contribution >= 0.6 is 0 Å². The Morgan fingerprint density at radius 2 is 2.42 bits per heavy atom. The van der Waals surface area contributed by atoms with Crippen LogP contribution in [0.3, 0.4) is 0 Å². The fraction of sp³-hybridized carbons (Fsp3) is 0.462. The molecule has 1 aromatic carbocycles. The molecule has 1 saturated heterocycles. The molecule has 0 aromatic heterocycles. The van der Waals surface area contributed by atoms with Gasteiger partial charge in [-0.1, -0.05) is 6.07 Å². The molecule has 1 aliphatic rings. The number of hydrogen-bond acceptors (Lipinski definition) is 6. The van der Waals surface area contributed by atoms with E-state index < -0.39 is 5.97 Å². The molecule has 2 rings (SSSR count). The van der Waals surface area contributed by atoms with Crippen molar-refractivity contribution in [3.05, 3.63) is 23.8 Å². The van der Waals surface area contributed by atoms with Crippen LogP contribution in [0.4, 0.5) is 11.4 Å². The number of esters is 1. The van der Waals surface area contributed by atoms with Crippen LogP contribution in [0, 0.1) is 0 Å². The van der Waals surface area contributed by atoms with Crippen molar-refractivity contribution in [2.45, 2.75) is 6.10 Å². The quantitative estimate of drug-likeness (QED) is 0.602. The van der Waals surface area contributed by atoms with E-state index in [9.17, 15) is 4.79 Å². The molecule has 0 aliphatic carbocycles. The Hall–Kier alpha value is -1.79. The zero-order valence-corrected chi connectivity index (χ0v) is 10.8. The highest BCUT2D eigenvalue weighted by Gasteiger charge is 2.23. The van der Waals surface area contributed by atoms with E-state index in [4.69, 9.17) is 20.3 Å². The summed E-state index contributed by atoms with van der Waals surface area (Å²) in [6.07, 6.45) is -0.227. The van der Waals surface area contributed by atoms with Gasteiger partial charge in [0.15, 0.2) is 0 Å². The largest absolute Gasteiger partial charge is 0.465 e. The number of anilines is 2. The van der Waals surface area contributed by atoms with Crippen molar-refractivity contribution in [1.29, 1.82) is 0 Å². The molecule has 104 valence electrons. The van der Waals surface area contributed by atoms with E-state index in [1.807, 2.05) is 11.0 Å². The summed E-state index contributed by atoms with van der Waals surface area (Å²) in [6, 6.07) is 5.25. The number of aliphatic hydroxyl groups is 1. The number of nitrogens with zero attached hydrogens (tertiary/aromatic N) is 1. The SMILES string of the molecule is COC(=O)c1cccc(N2CCOC(CO)C2)c1N. The molecular weight excluding hydrogens is 248 g/mol. The minimum atomic E-state index is -0.452. The van der Waals surface area contributed by atoms with Crippen molar-refractivity contribution in [1.82, 2.24) is 0 Å². The van der Waals surface area contributed by atoms with Crippen molar-refractivity contribution >= 4 is 17.3 Å². The van der Waals surface area contributed by atoms with Gasteiger partial charge in [0, 0.05) is 13.1 Å². The number of aliphatic hydroxyl groups excluding tert-OH is 1. The van der Waals surface area contributed by atoms with Crippen LogP contribution < -0.4 is 10.6 Å². The number of ether oxygens (including phenoxy) is 2. The first-order valence-electron chi connectivity index (χ1n) is 6.11. The Morgan fingerprint density at radius 3 is 3.11 bits per heavy atom. The lowest BCUT2D eigenvalue weighted by Crippen LogP contribution is -2.44. The molecule has 1 unspecified atom stereocenters. The molecule has 1 heterocycles. The molecule has 1 aromatic rings. The minimum absolute atomic E-state index is 0.0346. The fourth-order valence-electron chi connectivity index (χ4n) is 2.17. The van der Waals surface area contributed by atoms with Gasteiger partial charge in [-0.15, -0.1) is 0 Å². The van der Waals surface area contributed by atoms with E-state index in [1.54, 1.807) is 12.1 Å². The van der Waals surface area contributed by atoms with Gasteiger partial charge in [0.2, 0.25) is 0 Å². The van der Waals surface area contributed by atoms with Crippen LogP contribution in [0.2, 0.25) is 0 Å². The zero-order chi connectivity index (χ0) is 13.8. The van der Waals surface area contributed by atoms with Gasteiger partial charge in [0.25, 0.3) is 0 Å². The molecule has 0 spiro atoms. The zero-order valence-electron chi connectivity index (χ0n) is 10.8. The molecule has 3 N–H and O–H groups in total. The third-order valence-corrected chi connectivity index (χ3v) is 3.17.